The van der Waals surface area contributed by atoms with Gasteiger partial charge in [-0.3, -0.25) is 4.79 Å². The Morgan fingerprint density at radius 2 is 0.524 bits per heavy atom. The molecule has 1 saturated carbocycles. The summed E-state index contributed by atoms with van der Waals surface area (Å²) in [6.07, 6.45) is 0. The lowest BCUT2D eigenvalue weighted by Crippen LogP contribution is -2.82. The molecule has 1 aliphatic rings. The molecule has 0 aromatic heterocycles. The zero-order valence-corrected chi connectivity index (χ0v) is 8.97. The lowest BCUT2D eigenvalue weighted by Gasteiger charge is -2.49. The van der Waals surface area contributed by atoms with Crippen molar-refractivity contribution in [3.63, 3.8) is 0 Å². The van der Waals surface area contributed by atoms with E-state index >= 15 is 0 Å². The molecule has 0 aromatic carbocycles. The van der Waals surface area contributed by atoms with Crippen molar-refractivity contribution in [3.8, 4) is 0 Å². The van der Waals surface area contributed by atoms with Crippen LogP contribution in [0.25, 0.3) is 0 Å². The van der Waals surface area contributed by atoms with Crippen molar-refractivity contribution < 1.29 is 62.6 Å². The van der Waals surface area contributed by atoms with Crippen LogP contribution in [0.4, 0.5) is 52.7 Å². The summed E-state index contributed by atoms with van der Waals surface area (Å²) in [7, 11) is 0. The lowest BCUT2D eigenvalue weighted by molar-refractivity contribution is -0.506. The Morgan fingerprint density at radius 1 is 0.476 bits per heavy atom. The van der Waals surface area contributed by atoms with Crippen molar-refractivity contribution in [1.29, 1.82) is 0 Å². The van der Waals surface area contributed by atoms with Crippen molar-refractivity contribution in [2.45, 2.75) is 35.5 Å². The highest BCUT2D eigenvalue weighted by Crippen LogP contribution is 2.69. The number of halogens is 12. The van der Waals surface area contributed by atoms with Crippen LogP contribution in [0.15, 0.2) is 0 Å². The van der Waals surface area contributed by atoms with E-state index in [1.807, 2.05) is 0 Å². The average molecular weight is 346 g/mol. The molecule has 0 heterocycles. The fourth-order valence-corrected chi connectivity index (χ4v) is 1.18. The molecule has 0 radical (unpaired) electrons. The predicted octanol–water partition coefficient (Wildman–Crippen LogP) is 3.51. The third kappa shape index (κ3) is 1.86. The minimum atomic E-state index is -7.35. The van der Waals surface area contributed by atoms with Crippen LogP contribution in [0.5, 0.6) is 0 Å². The van der Waals surface area contributed by atoms with Crippen molar-refractivity contribution in [2.75, 3.05) is 0 Å². The molecule has 0 saturated heterocycles. The van der Waals surface area contributed by atoms with E-state index < -0.39 is 35.5 Å². The van der Waals surface area contributed by atoms with Gasteiger partial charge in [0.05, 0.1) is 0 Å². The van der Waals surface area contributed by atoms with E-state index in [0.29, 0.717) is 0 Å². The van der Waals surface area contributed by atoms with Gasteiger partial charge in [0.2, 0.25) is 0 Å². The molecule has 2 nitrogen and oxygen atoms in total. The molecule has 1 aliphatic carbocycles. The Labute approximate surface area is 106 Å². The summed E-state index contributed by atoms with van der Waals surface area (Å²) in [5.74, 6) is -44.1. The maximum atomic E-state index is 12.3. The monoisotopic (exact) mass is 346 g/mol. The Hall–Kier alpha value is -1.37. The van der Waals surface area contributed by atoms with Crippen LogP contribution < -0.4 is 0 Å². The third-order valence-corrected chi connectivity index (χ3v) is 2.37. The maximum Gasteiger partial charge on any atom is 0.385 e. The van der Waals surface area contributed by atoms with Crippen LogP contribution in [-0.4, -0.2) is 47.1 Å². The van der Waals surface area contributed by atoms with Crippen LogP contribution in [0.3, 0.4) is 0 Å². The highest BCUT2D eigenvalue weighted by Gasteiger charge is 3.02. The van der Waals surface area contributed by atoms with Crippen LogP contribution >= 0.6 is 0 Å². The van der Waals surface area contributed by atoms with Gasteiger partial charge in [-0.1, -0.05) is 0 Å². The van der Waals surface area contributed by atoms with E-state index in [2.05, 4.69) is 0 Å². The van der Waals surface area contributed by atoms with Crippen LogP contribution in [0.2, 0.25) is 0 Å². The highest BCUT2D eigenvalue weighted by atomic mass is 19.4. The summed E-state index contributed by atoms with van der Waals surface area (Å²) >= 11 is 0. The third-order valence-electron chi connectivity index (χ3n) is 2.37. The highest BCUT2D eigenvalue weighted by molar-refractivity contribution is 5.32. The fraction of sp³-hybridized carbons (Fsp3) is 0.857. The van der Waals surface area contributed by atoms with Gasteiger partial charge in [-0.15, -0.1) is 0 Å². The Kier molecular flexibility index (Phi) is 4.26. The zero-order chi connectivity index (χ0) is 17.7. The molecule has 1 rings (SSSR count). The van der Waals surface area contributed by atoms with Gasteiger partial charge in [0.25, 0.3) is 6.47 Å². The van der Waals surface area contributed by atoms with Gasteiger partial charge in [-0.05, 0) is 0 Å². The summed E-state index contributed by atoms with van der Waals surface area (Å²) in [6, 6.07) is 0. The summed E-state index contributed by atoms with van der Waals surface area (Å²) in [6.45, 7) is -0.250. The summed E-state index contributed by atoms with van der Waals surface area (Å²) in [5.41, 5.74) is 0. The van der Waals surface area contributed by atoms with Gasteiger partial charge < -0.3 is 5.11 Å². The predicted molar refractivity (Wildman–Crippen MR) is 38.4 cm³/mol. The molecule has 1 N–H and O–H groups in total. The van der Waals surface area contributed by atoms with Crippen LogP contribution in [0, 0.1) is 0 Å². The van der Waals surface area contributed by atoms with E-state index in [9.17, 15) is 52.7 Å². The average Bonchev–Trinajstić information content (AvgIpc) is 2.27. The van der Waals surface area contributed by atoms with E-state index in [1.54, 1.807) is 0 Å². The zero-order valence-electron chi connectivity index (χ0n) is 8.97. The molecular formula is C7H2F12O2. The number of alkyl halides is 12. The molecule has 126 valence electrons. The van der Waals surface area contributed by atoms with Gasteiger partial charge in [-0.25, -0.2) is 0 Å². The fourth-order valence-electron chi connectivity index (χ4n) is 1.18. The first-order valence-electron chi connectivity index (χ1n) is 4.26. The second-order valence-corrected chi connectivity index (χ2v) is 3.55. The molecule has 21 heavy (non-hydrogen) atoms. The Bertz CT molecular complexity index is 297. The molecule has 0 aliphatic heterocycles. The van der Waals surface area contributed by atoms with Crippen molar-refractivity contribution >= 4 is 6.47 Å². The smallest absolute Gasteiger partial charge is 0.385 e. The lowest BCUT2D eigenvalue weighted by atomic mass is 9.80. The summed E-state index contributed by atoms with van der Waals surface area (Å²) in [5, 5.41) is 6.89. The molecule has 0 aromatic rings. The topological polar surface area (TPSA) is 37.3 Å². The second-order valence-electron chi connectivity index (χ2n) is 3.55. The largest absolute Gasteiger partial charge is 0.483 e. The molecule has 0 amide bonds. The number of rotatable bonds is 0. The summed E-state index contributed by atoms with van der Waals surface area (Å²) < 4.78 is 148. The van der Waals surface area contributed by atoms with Crippen molar-refractivity contribution in [3.05, 3.63) is 0 Å². The van der Waals surface area contributed by atoms with Gasteiger partial charge in [0.15, 0.2) is 0 Å². The standard InChI is InChI=1S/C6F12.CH2O2/c7-1(8)2(9,10)4(13,14)6(17,18)5(15,16)3(1,11)12;2-1-3/h;1H,(H,2,3). The SMILES string of the molecule is FC1(F)C(F)(F)C(F)(F)C(F)(F)C(F)(F)C1(F)F.O=CO. The van der Waals surface area contributed by atoms with Crippen molar-refractivity contribution in [2.24, 2.45) is 0 Å². The molecule has 0 atom stereocenters. The Balaban J connectivity index is 0.00000122. The van der Waals surface area contributed by atoms with Gasteiger partial charge in [-0.2, -0.15) is 52.7 Å². The molecule has 0 spiro atoms. The quantitative estimate of drug-likeness (QED) is 0.538. The summed E-state index contributed by atoms with van der Waals surface area (Å²) in [4.78, 5) is 8.36. The first-order chi connectivity index (χ1) is 8.91. The maximum absolute atomic E-state index is 12.3. The van der Waals surface area contributed by atoms with Gasteiger partial charge in [0.1, 0.15) is 0 Å². The first-order valence-corrected chi connectivity index (χ1v) is 4.26. The van der Waals surface area contributed by atoms with Gasteiger partial charge >= 0.3 is 35.5 Å². The second kappa shape index (κ2) is 4.56. The molecule has 1 fully saturated rings. The van der Waals surface area contributed by atoms with E-state index in [4.69, 9.17) is 9.90 Å². The van der Waals surface area contributed by atoms with E-state index in [0.717, 1.165) is 0 Å². The molecule has 0 unspecified atom stereocenters. The number of carboxylic acid groups (broad SMARTS) is 1. The Morgan fingerprint density at radius 3 is 0.571 bits per heavy atom. The normalized spacial score (nSPS) is 29.7. The van der Waals surface area contributed by atoms with E-state index in [-0.39, 0.29) is 6.47 Å². The first kappa shape index (κ1) is 19.6. The van der Waals surface area contributed by atoms with E-state index in [1.165, 1.54) is 0 Å². The minimum Gasteiger partial charge on any atom is -0.483 e. The van der Waals surface area contributed by atoms with Crippen molar-refractivity contribution in [1.82, 2.24) is 0 Å². The number of hydrogen-bond acceptors (Lipinski definition) is 1. The van der Waals surface area contributed by atoms with Crippen LogP contribution in [-0.2, 0) is 4.79 Å². The number of hydrogen-bond donors (Lipinski definition) is 1. The molecule has 14 heteroatoms. The molecule has 0 bridgehead atoms. The van der Waals surface area contributed by atoms with Gasteiger partial charge in [0, 0.05) is 0 Å². The number of carbonyl (C=O) groups is 1. The minimum absolute atomic E-state index is 0.250. The molecular weight excluding hydrogens is 344 g/mol. The van der Waals surface area contributed by atoms with Crippen LogP contribution in [0.1, 0.15) is 0 Å².